The predicted octanol–water partition coefficient (Wildman–Crippen LogP) is 2.46. The Labute approximate surface area is 117 Å². The van der Waals surface area contributed by atoms with Crippen molar-refractivity contribution in [2.24, 2.45) is 14.1 Å². The maximum absolute atomic E-state index is 9.30. The number of rotatable bonds is 1. The molecule has 0 unspecified atom stereocenters. The van der Waals surface area contributed by atoms with Crippen molar-refractivity contribution in [2.45, 2.75) is 13.8 Å². The summed E-state index contributed by atoms with van der Waals surface area (Å²) in [6, 6.07) is 8.23. The van der Waals surface area contributed by atoms with Crippen molar-refractivity contribution in [3.8, 4) is 17.3 Å². The molecule has 0 N–H and O–H groups in total. The van der Waals surface area contributed by atoms with E-state index in [-0.39, 0.29) is 0 Å². The first-order valence-corrected chi connectivity index (χ1v) is 6.39. The Kier molecular flexibility index (Phi) is 2.61. The van der Waals surface area contributed by atoms with Crippen LogP contribution in [0.2, 0.25) is 0 Å². The number of hydrogen-bond donors (Lipinski definition) is 0. The quantitative estimate of drug-likeness (QED) is 0.679. The van der Waals surface area contributed by atoms with Crippen LogP contribution < -0.4 is 0 Å². The summed E-state index contributed by atoms with van der Waals surface area (Å²) in [5.41, 5.74) is 4.23. The Morgan fingerprint density at radius 2 is 1.75 bits per heavy atom. The van der Waals surface area contributed by atoms with Gasteiger partial charge in [-0.1, -0.05) is 6.07 Å². The molecule has 0 fully saturated rings. The van der Waals surface area contributed by atoms with Crippen LogP contribution in [0.4, 0.5) is 0 Å². The minimum Gasteiger partial charge on any atom is -0.331 e. The zero-order valence-electron chi connectivity index (χ0n) is 12.0. The van der Waals surface area contributed by atoms with Gasteiger partial charge >= 0.3 is 0 Å². The molecule has 0 aliphatic heterocycles. The van der Waals surface area contributed by atoms with Gasteiger partial charge in [0.2, 0.25) is 0 Å². The number of imidazole rings is 2. The fourth-order valence-electron chi connectivity index (χ4n) is 2.41. The van der Waals surface area contributed by atoms with Gasteiger partial charge in [0.1, 0.15) is 29.1 Å². The van der Waals surface area contributed by atoms with E-state index in [1.54, 1.807) is 0 Å². The maximum Gasteiger partial charge on any atom is 0.147 e. The molecule has 100 valence electrons. The van der Waals surface area contributed by atoms with Gasteiger partial charge in [0.25, 0.3) is 0 Å². The van der Waals surface area contributed by atoms with Crippen LogP contribution in [-0.4, -0.2) is 19.1 Å². The highest BCUT2D eigenvalue weighted by molar-refractivity contribution is 5.82. The number of fused-ring (bicyclic) bond motifs is 1. The van der Waals surface area contributed by atoms with Crippen LogP contribution in [-0.2, 0) is 14.1 Å². The first-order valence-electron chi connectivity index (χ1n) is 6.39. The molecule has 5 nitrogen and oxygen atoms in total. The Morgan fingerprint density at radius 3 is 2.45 bits per heavy atom. The lowest BCUT2D eigenvalue weighted by molar-refractivity contribution is 0.845. The number of aromatic nitrogens is 4. The molecule has 1 aromatic carbocycles. The third-order valence-electron chi connectivity index (χ3n) is 3.80. The number of benzene rings is 1. The summed E-state index contributed by atoms with van der Waals surface area (Å²) in [7, 11) is 3.85. The van der Waals surface area contributed by atoms with Gasteiger partial charge in [-0.15, -0.1) is 0 Å². The monoisotopic (exact) mass is 265 g/mol. The first kappa shape index (κ1) is 12.4. The van der Waals surface area contributed by atoms with E-state index in [9.17, 15) is 5.26 Å². The van der Waals surface area contributed by atoms with Crippen molar-refractivity contribution in [1.82, 2.24) is 19.1 Å². The largest absolute Gasteiger partial charge is 0.331 e. The molecule has 2 heterocycles. The van der Waals surface area contributed by atoms with E-state index in [0.717, 1.165) is 33.9 Å². The van der Waals surface area contributed by atoms with Crippen LogP contribution >= 0.6 is 0 Å². The molecule has 0 saturated heterocycles. The minimum absolute atomic E-state index is 0.578. The summed E-state index contributed by atoms with van der Waals surface area (Å²) >= 11 is 0. The molecule has 0 bridgehead atoms. The van der Waals surface area contributed by atoms with E-state index >= 15 is 0 Å². The molecule has 0 saturated carbocycles. The molecule has 0 aliphatic rings. The molecule has 5 heteroatoms. The molecular weight excluding hydrogens is 250 g/mol. The lowest BCUT2D eigenvalue weighted by Gasteiger charge is -2.00. The number of nitrogens with zero attached hydrogens (tertiary/aromatic N) is 5. The van der Waals surface area contributed by atoms with Crippen LogP contribution in [0.15, 0.2) is 18.2 Å². The zero-order chi connectivity index (χ0) is 14.4. The third kappa shape index (κ3) is 1.62. The van der Waals surface area contributed by atoms with Crippen LogP contribution in [0.1, 0.15) is 17.3 Å². The lowest BCUT2D eigenvalue weighted by atomic mass is 10.1. The summed E-state index contributed by atoms with van der Waals surface area (Å²) in [5, 5.41) is 9.30. The molecule has 0 radical (unpaired) electrons. The summed E-state index contributed by atoms with van der Waals surface area (Å²) in [4.78, 5) is 9.02. The van der Waals surface area contributed by atoms with Gasteiger partial charge in [-0.25, -0.2) is 9.97 Å². The molecule has 2 aromatic heterocycles. The van der Waals surface area contributed by atoms with Crippen LogP contribution in [0, 0.1) is 25.2 Å². The number of hydrogen-bond acceptors (Lipinski definition) is 3. The minimum atomic E-state index is 0.578. The molecule has 3 aromatic rings. The first-order chi connectivity index (χ1) is 9.52. The molecule has 0 aliphatic carbocycles. The average Bonchev–Trinajstić information content (AvgIpc) is 2.88. The Hall–Kier alpha value is -2.61. The lowest BCUT2D eigenvalue weighted by Crippen LogP contribution is -1.94. The third-order valence-corrected chi connectivity index (χ3v) is 3.80. The van der Waals surface area contributed by atoms with Crippen molar-refractivity contribution >= 4 is 11.0 Å². The molecule has 0 atom stereocenters. The van der Waals surface area contributed by atoms with E-state index in [4.69, 9.17) is 0 Å². The van der Waals surface area contributed by atoms with Crippen molar-refractivity contribution in [3.05, 3.63) is 35.5 Å². The Balaban J connectivity index is 2.26. The smallest absolute Gasteiger partial charge is 0.147 e. The molecule has 20 heavy (non-hydrogen) atoms. The SMILES string of the molecule is Cc1nc(-c2ccc3c(c2)nc(C)n3C)c(C#N)n1C. The molecule has 0 spiro atoms. The van der Waals surface area contributed by atoms with E-state index in [1.807, 2.05) is 55.3 Å². The number of aryl methyl sites for hydroxylation is 3. The molecule has 3 rings (SSSR count). The van der Waals surface area contributed by atoms with Gasteiger partial charge in [-0.05, 0) is 26.0 Å². The highest BCUT2D eigenvalue weighted by Crippen LogP contribution is 2.26. The highest BCUT2D eigenvalue weighted by atomic mass is 15.1. The average molecular weight is 265 g/mol. The van der Waals surface area contributed by atoms with Crippen molar-refractivity contribution in [2.75, 3.05) is 0 Å². The summed E-state index contributed by atoms with van der Waals surface area (Å²) in [5.74, 6) is 1.80. The van der Waals surface area contributed by atoms with E-state index in [2.05, 4.69) is 16.0 Å². The van der Waals surface area contributed by atoms with Gasteiger partial charge in [0, 0.05) is 19.7 Å². The van der Waals surface area contributed by atoms with E-state index in [0.29, 0.717) is 5.69 Å². The Morgan fingerprint density at radius 1 is 1.05 bits per heavy atom. The van der Waals surface area contributed by atoms with Crippen molar-refractivity contribution in [1.29, 1.82) is 5.26 Å². The molecular formula is C15H15N5. The Bertz CT molecular complexity index is 861. The predicted molar refractivity (Wildman–Crippen MR) is 77.1 cm³/mol. The van der Waals surface area contributed by atoms with Crippen LogP contribution in [0.5, 0.6) is 0 Å². The van der Waals surface area contributed by atoms with Gasteiger partial charge in [-0.3, -0.25) is 0 Å². The number of nitriles is 1. The highest BCUT2D eigenvalue weighted by Gasteiger charge is 2.15. The maximum atomic E-state index is 9.30. The second-order valence-corrected chi connectivity index (χ2v) is 4.95. The fourth-order valence-corrected chi connectivity index (χ4v) is 2.41. The summed E-state index contributed by atoms with van der Waals surface area (Å²) in [6.45, 7) is 3.87. The van der Waals surface area contributed by atoms with Gasteiger partial charge < -0.3 is 9.13 Å². The van der Waals surface area contributed by atoms with E-state index < -0.39 is 0 Å². The molecule has 0 amide bonds. The van der Waals surface area contributed by atoms with E-state index in [1.165, 1.54) is 0 Å². The standard InChI is InChI=1S/C15H15N5/c1-9-17-12-7-11(5-6-13(12)19(9)3)15-14(8-16)20(4)10(2)18-15/h5-7H,1-4H3. The van der Waals surface area contributed by atoms with Crippen molar-refractivity contribution in [3.63, 3.8) is 0 Å². The topological polar surface area (TPSA) is 59.4 Å². The van der Waals surface area contributed by atoms with Crippen LogP contribution in [0.25, 0.3) is 22.3 Å². The van der Waals surface area contributed by atoms with Crippen LogP contribution in [0.3, 0.4) is 0 Å². The van der Waals surface area contributed by atoms with Crippen molar-refractivity contribution < 1.29 is 0 Å². The second-order valence-electron chi connectivity index (χ2n) is 4.95. The van der Waals surface area contributed by atoms with Gasteiger partial charge in [0.15, 0.2) is 0 Å². The van der Waals surface area contributed by atoms with Gasteiger partial charge in [-0.2, -0.15) is 5.26 Å². The van der Waals surface area contributed by atoms with Gasteiger partial charge in [0.05, 0.1) is 11.0 Å². The summed E-state index contributed by atoms with van der Waals surface area (Å²) in [6.07, 6.45) is 0. The fraction of sp³-hybridized carbons (Fsp3) is 0.267. The second kappa shape index (κ2) is 4.20. The summed E-state index contributed by atoms with van der Waals surface area (Å²) < 4.78 is 3.86. The zero-order valence-corrected chi connectivity index (χ0v) is 12.0. The normalized spacial score (nSPS) is 10.9.